The first-order valence-electron chi connectivity index (χ1n) is 15.1. The molecule has 15 nitrogen and oxygen atoms in total. The third-order valence-electron chi connectivity index (χ3n) is 7.01. The van der Waals surface area contributed by atoms with Gasteiger partial charge in [0.15, 0.2) is 0 Å². The third-order valence-corrected chi connectivity index (χ3v) is 8.46. The number of nitrogens with zero attached hydrogens (tertiary/aromatic N) is 6. The molecule has 0 spiro atoms. The summed E-state index contributed by atoms with van der Waals surface area (Å²) in [4.78, 5) is 12.1. The van der Waals surface area contributed by atoms with Crippen LogP contribution in [0.25, 0.3) is 10.8 Å². The van der Waals surface area contributed by atoms with Crippen molar-refractivity contribution in [2.24, 2.45) is 30.7 Å². The number of azo groups is 3. The fourth-order valence-electron chi connectivity index (χ4n) is 4.62. The van der Waals surface area contributed by atoms with Crippen LogP contribution in [-0.4, -0.2) is 24.3 Å². The molecule has 52 heavy (non-hydrogen) atoms. The maximum atomic E-state index is 12.2. The van der Waals surface area contributed by atoms with Gasteiger partial charge in [0, 0.05) is 21.7 Å². The van der Waals surface area contributed by atoms with Crippen molar-refractivity contribution in [2.45, 2.75) is 9.79 Å². The highest BCUT2D eigenvalue weighted by molar-refractivity contribution is 7.94. The molecule has 0 saturated carbocycles. The van der Waals surface area contributed by atoms with Gasteiger partial charge in [-0.1, -0.05) is 29.3 Å². The van der Waals surface area contributed by atoms with Crippen LogP contribution in [0.2, 0.25) is 0 Å². The van der Waals surface area contributed by atoms with Crippen molar-refractivity contribution in [1.29, 1.82) is 0 Å². The predicted molar refractivity (Wildman–Crippen MR) is 195 cm³/mol. The zero-order valence-electron chi connectivity index (χ0n) is 26.6. The van der Waals surface area contributed by atoms with Crippen LogP contribution in [0.1, 0.15) is 0 Å². The summed E-state index contributed by atoms with van der Waals surface area (Å²) in [5.74, 6) is 0. The molecule has 0 aliphatic carbocycles. The maximum Gasteiger partial charge on any atom is 0.323 e. The minimum absolute atomic E-state index is 0.245. The Labute approximate surface area is 300 Å². The van der Waals surface area contributed by atoms with Crippen molar-refractivity contribution in [1.82, 2.24) is 0 Å². The molecule has 0 heterocycles. The van der Waals surface area contributed by atoms with E-state index in [1.54, 1.807) is 103 Å². The van der Waals surface area contributed by atoms with Gasteiger partial charge >= 0.3 is 6.03 Å². The van der Waals surface area contributed by atoms with Crippen LogP contribution in [0.3, 0.4) is 0 Å². The van der Waals surface area contributed by atoms with Gasteiger partial charge in [-0.3, -0.25) is 4.55 Å². The summed E-state index contributed by atoms with van der Waals surface area (Å²) in [6, 6.07) is 37.1. The molecule has 2 amide bonds. The Morgan fingerprint density at radius 1 is 0.577 bits per heavy atom. The third kappa shape index (κ3) is 9.94. The molecule has 0 radical (unpaired) electrons. The van der Waals surface area contributed by atoms with Crippen molar-refractivity contribution in [3.63, 3.8) is 0 Å². The van der Waals surface area contributed by atoms with Crippen LogP contribution in [0.4, 0.5) is 50.3 Å². The molecule has 6 aromatic rings. The van der Waals surface area contributed by atoms with E-state index in [1.165, 1.54) is 12.1 Å². The second kappa shape index (κ2) is 16.7. The Hall–Kier alpha value is -6.21. The number of benzene rings is 6. The lowest BCUT2D eigenvalue weighted by molar-refractivity contribution is -0.432. The Morgan fingerprint density at radius 2 is 1.02 bits per heavy atom. The minimum atomic E-state index is -4.56. The summed E-state index contributed by atoms with van der Waals surface area (Å²) in [6.45, 7) is 0. The lowest BCUT2D eigenvalue weighted by Gasteiger charge is -2.07. The van der Waals surface area contributed by atoms with Gasteiger partial charge in [-0.15, -0.1) is 4.33 Å². The maximum absolute atomic E-state index is 12.2. The first-order valence-corrected chi connectivity index (χ1v) is 17.3. The molecule has 0 aliphatic rings. The topological polar surface area (TPSA) is 208 Å². The highest BCUT2D eigenvalue weighted by atomic mass is 32.2. The van der Waals surface area contributed by atoms with E-state index in [-0.39, 0.29) is 21.2 Å². The number of carbonyl (C=O) groups is 1. The monoisotopic (exact) mass is 734 g/mol. The SMILES string of the molecule is O=C(Nc1ccccc1)Nc1ccc(N=Nc2ccc(N=Nc3ccc(N=Nc4ccc5c(S(=O)(=O)O)cc(SOOO)cc5c4)cc3)cc2)cc1. The molecule has 0 atom stereocenters. The molecular formula is C35H26N8O7S2. The molecule has 4 N–H and O–H groups in total. The normalized spacial score (nSPS) is 11.9. The van der Waals surface area contributed by atoms with E-state index in [9.17, 15) is 17.8 Å². The number of anilines is 2. The van der Waals surface area contributed by atoms with Gasteiger partial charge in [-0.2, -0.15) is 39.1 Å². The fourth-order valence-corrected chi connectivity index (χ4v) is 5.88. The number of nitrogens with one attached hydrogen (secondary N) is 2. The minimum Gasteiger partial charge on any atom is -0.308 e. The molecule has 0 aliphatic heterocycles. The molecular weight excluding hydrogens is 709 g/mol. The van der Waals surface area contributed by atoms with Crippen molar-refractivity contribution in [3.8, 4) is 0 Å². The Kier molecular flexibility index (Phi) is 11.4. The number of rotatable bonds is 12. The molecule has 6 aromatic carbocycles. The summed E-state index contributed by atoms with van der Waals surface area (Å²) >= 11 is 0.552. The number of urea groups is 1. The second-order valence-electron chi connectivity index (χ2n) is 10.7. The zero-order chi connectivity index (χ0) is 36.3. The van der Waals surface area contributed by atoms with E-state index in [0.29, 0.717) is 62.9 Å². The first kappa shape index (κ1) is 35.6. The number of para-hydroxylation sites is 1. The molecule has 17 heteroatoms. The van der Waals surface area contributed by atoms with E-state index in [2.05, 4.69) is 50.7 Å². The number of carbonyl (C=O) groups excluding carboxylic acids is 1. The van der Waals surface area contributed by atoms with Gasteiger partial charge in [0.25, 0.3) is 10.1 Å². The van der Waals surface area contributed by atoms with E-state index < -0.39 is 10.1 Å². The van der Waals surface area contributed by atoms with Gasteiger partial charge in [0.2, 0.25) is 0 Å². The van der Waals surface area contributed by atoms with Gasteiger partial charge in [0.1, 0.15) is 4.90 Å². The summed E-state index contributed by atoms with van der Waals surface area (Å²) in [5, 5.41) is 43.7. The summed E-state index contributed by atoms with van der Waals surface area (Å²) in [7, 11) is -4.56. The van der Waals surface area contributed by atoms with E-state index in [1.807, 2.05) is 18.2 Å². The summed E-state index contributed by atoms with van der Waals surface area (Å²) in [6.07, 6.45) is 0. The van der Waals surface area contributed by atoms with Crippen molar-refractivity contribution in [3.05, 3.63) is 133 Å². The molecule has 0 saturated heterocycles. The van der Waals surface area contributed by atoms with Crippen LogP contribution in [-0.2, 0) is 19.5 Å². The molecule has 260 valence electrons. The highest BCUT2D eigenvalue weighted by Crippen LogP contribution is 2.33. The van der Waals surface area contributed by atoms with Gasteiger partial charge in [-0.25, -0.2) is 10.1 Å². The van der Waals surface area contributed by atoms with Crippen LogP contribution in [0.15, 0.2) is 174 Å². The van der Waals surface area contributed by atoms with Crippen LogP contribution in [0.5, 0.6) is 0 Å². The molecule has 0 unspecified atom stereocenters. The van der Waals surface area contributed by atoms with E-state index in [4.69, 9.17) is 5.26 Å². The van der Waals surface area contributed by atoms with Crippen LogP contribution >= 0.6 is 12.0 Å². The lowest BCUT2D eigenvalue weighted by atomic mass is 10.1. The quantitative estimate of drug-likeness (QED) is 0.0312. The van der Waals surface area contributed by atoms with Crippen molar-refractivity contribution < 1.29 is 32.4 Å². The summed E-state index contributed by atoms with van der Waals surface area (Å²) < 4.78 is 37.9. The summed E-state index contributed by atoms with van der Waals surface area (Å²) in [5.41, 5.74) is 4.67. The Balaban J connectivity index is 1.03. The smallest absolute Gasteiger partial charge is 0.308 e. The van der Waals surface area contributed by atoms with Crippen molar-refractivity contribution >= 4 is 84.5 Å². The Morgan fingerprint density at radius 3 is 1.50 bits per heavy atom. The Bertz CT molecular complexity index is 2380. The zero-order valence-corrected chi connectivity index (χ0v) is 28.3. The number of fused-ring (bicyclic) bond motifs is 1. The average Bonchev–Trinajstić information content (AvgIpc) is 3.15. The van der Waals surface area contributed by atoms with Crippen LogP contribution in [0, 0.1) is 0 Å². The van der Waals surface area contributed by atoms with Gasteiger partial charge in [-0.05, 0) is 115 Å². The number of amides is 2. The average molecular weight is 735 g/mol. The molecule has 0 aromatic heterocycles. The predicted octanol–water partition coefficient (Wildman–Crippen LogP) is 11.4. The highest BCUT2D eigenvalue weighted by Gasteiger charge is 2.17. The largest absolute Gasteiger partial charge is 0.323 e. The fraction of sp³-hybridized carbons (Fsp3) is 0. The lowest BCUT2D eigenvalue weighted by Crippen LogP contribution is -2.19. The van der Waals surface area contributed by atoms with Gasteiger partial charge < -0.3 is 10.6 Å². The first-order chi connectivity index (χ1) is 25.2. The molecule has 6 rings (SSSR count). The second-order valence-corrected chi connectivity index (χ2v) is 12.8. The molecule has 0 bridgehead atoms. The van der Waals surface area contributed by atoms with E-state index in [0.717, 1.165) is 0 Å². The number of hydrogen-bond acceptors (Lipinski definition) is 13. The van der Waals surface area contributed by atoms with Crippen LogP contribution < -0.4 is 10.6 Å². The van der Waals surface area contributed by atoms with Crippen molar-refractivity contribution in [2.75, 3.05) is 10.6 Å². The van der Waals surface area contributed by atoms with Gasteiger partial charge in [0.05, 0.1) is 46.2 Å². The number of hydrogen-bond donors (Lipinski definition) is 4. The molecule has 0 fully saturated rings. The van der Waals surface area contributed by atoms with E-state index >= 15 is 0 Å². The standard InChI is InChI=1S/C35H26N8O7S2/c44-35(36-24-4-2-1-3-5-24)37-25-6-8-26(9-7-25)38-39-27-10-12-28(13-11-27)40-41-29-14-16-30(17-15-29)42-43-31-18-19-33-23(20-31)21-32(51-50-49-45)22-34(33)52(46,47)48/h1-22,45H,(H2,36,37,44)(H,46,47,48).